The number of ether oxygens (including phenoxy) is 1. The lowest BCUT2D eigenvalue weighted by Crippen LogP contribution is -1.83. The minimum atomic E-state index is 0.914. The van der Waals surface area contributed by atoms with Crippen molar-refractivity contribution in [2.75, 3.05) is 7.11 Å². The standard InChI is InChI=1S/C11H13NO.C2H6/c1-3-9-7-8-5-4-6-10(13-2)11(8)12-9;1-2/h4-7,12H,3H2,1-2H3;1-2H3. The summed E-state index contributed by atoms with van der Waals surface area (Å²) >= 11 is 0. The van der Waals surface area contributed by atoms with Crippen LogP contribution in [0.3, 0.4) is 0 Å². The Bertz CT molecular complexity index is 417. The first-order valence-corrected chi connectivity index (χ1v) is 5.49. The zero-order valence-corrected chi connectivity index (χ0v) is 9.92. The fourth-order valence-corrected chi connectivity index (χ4v) is 1.55. The molecule has 2 rings (SSSR count). The molecule has 1 aromatic carbocycles. The number of rotatable bonds is 2. The molecule has 0 bridgehead atoms. The Morgan fingerprint density at radius 2 is 2.00 bits per heavy atom. The van der Waals surface area contributed by atoms with Crippen molar-refractivity contribution in [1.29, 1.82) is 0 Å². The molecule has 0 aliphatic carbocycles. The molecule has 1 heterocycles. The lowest BCUT2D eigenvalue weighted by molar-refractivity contribution is 0.419. The maximum Gasteiger partial charge on any atom is 0.142 e. The summed E-state index contributed by atoms with van der Waals surface area (Å²) in [5.41, 5.74) is 2.35. The van der Waals surface area contributed by atoms with E-state index in [-0.39, 0.29) is 0 Å². The fourth-order valence-electron chi connectivity index (χ4n) is 1.55. The van der Waals surface area contributed by atoms with Crippen molar-refractivity contribution in [1.82, 2.24) is 4.98 Å². The van der Waals surface area contributed by atoms with Crippen molar-refractivity contribution in [3.8, 4) is 5.75 Å². The van der Waals surface area contributed by atoms with Crippen molar-refractivity contribution >= 4 is 10.9 Å². The first kappa shape index (κ1) is 11.6. The molecule has 0 radical (unpaired) electrons. The third kappa shape index (κ3) is 2.32. The normalized spacial score (nSPS) is 9.60. The zero-order valence-electron chi connectivity index (χ0n) is 9.92. The second kappa shape index (κ2) is 5.44. The van der Waals surface area contributed by atoms with Gasteiger partial charge in [0, 0.05) is 11.1 Å². The molecule has 0 atom stereocenters. The molecule has 2 nitrogen and oxygen atoms in total. The van der Waals surface area contributed by atoms with Gasteiger partial charge < -0.3 is 9.72 Å². The molecule has 0 saturated carbocycles. The summed E-state index contributed by atoms with van der Waals surface area (Å²) < 4.78 is 5.25. The second-order valence-electron chi connectivity index (χ2n) is 3.07. The minimum Gasteiger partial charge on any atom is -0.495 e. The number of para-hydroxylation sites is 1. The van der Waals surface area contributed by atoms with Crippen molar-refractivity contribution in [3.05, 3.63) is 30.0 Å². The Balaban J connectivity index is 0.000000531. The number of benzene rings is 1. The van der Waals surface area contributed by atoms with E-state index in [1.165, 1.54) is 11.1 Å². The van der Waals surface area contributed by atoms with E-state index in [1.807, 2.05) is 26.0 Å². The number of H-pyrrole nitrogens is 1. The van der Waals surface area contributed by atoms with Crippen LogP contribution in [0.15, 0.2) is 24.3 Å². The van der Waals surface area contributed by atoms with Gasteiger partial charge in [-0.3, -0.25) is 0 Å². The molecule has 2 aromatic rings. The average molecular weight is 205 g/mol. The van der Waals surface area contributed by atoms with E-state index in [0.29, 0.717) is 0 Å². The van der Waals surface area contributed by atoms with Crippen LogP contribution in [0.1, 0.15) is 26.5 Å². The smallest absolute Gasteiger partial charge is 0.142 e. The number of aromatic nitrogens is 1. The van der Waals surface area contributed by atoms with Crippen LogP contribution in [0.5, 0.6) is 5.75 Å². The topological polar surface area (TPSA) is 25.0 Å². The van der Waals surface area contributed by atoms with Crippen molar-refractivity contribution in [3.63, 3.8) is 0 Å². The van der Waals surface area contributed by atoms with E-state index in [1.54, 1.807) is 7.11 Å². The SMILES string of the molecule is CC.CCc1cc2cccc(OC)c2[nH]1. The molecule has 2 heteroatoms. The van der Waals surface area contributed by atoms with Gasteiger partial charge in [-0.05, 0) is 18.6 Å². The lowest BCUT2D eigenvalue weighted by atomic mass is 10.2. The van der Waals surface area contributed by atoms with Crippen LogP contribution in [0.4, 0.5) is 0 Å². The molecule has 0 saturated heterocycles. The number of methoxy groups -OCH3 is 1. The maximum atomic E-state index is 5.25. The molecule has 0 spiro atoms. The van der Waals surface area contributed by atoms with E-state index in [0.717, 1.165) is 17.7 Å². The number of aryl methyl sites for hydroxylation is 1. The number of fused-ring (bicyclic) bond motifs is 1. The molecule has 15 heavy (non-hydrogen) atoms. The van der Waals surface area contributed by atoms with Crippen LogP contribution in [-0.2, 0) is 6.42 Å². The monoisotopic (exact) mass is 205 g/mol. The predicted octanol–water partition coefficient (Wildman–Crippen LogP) is 3.77. The van der Waals surface area contributed by atoms with Gasteiger partial charge in [0.2, 0.25) is 0 Å². The molecular formula is C13H19NO. The highest BCUT2D eigenvalue weighted by Gasteiger charge is 2.03. The average Bonchev–Trinajstić information content (AvgIpc) is 2.74. The van der Waals surface area contributed by atoms with Gasteiger partial charge in [0.15, 0.2) is 0 Å². The van der Waals surface area contributed by atoms with E-state index in [9.17, 15) is 0 Å². The van der Waals surface area contributed by atoms with Gasteiger partial charge in [-0.15, -0.1) is 0 Å². The summed E-state index contributed by atoms with van der Waals surface area (Å²) in [5.74, 6) is 0.914. The molecule has 0 aliphatic rings. The van der Waals surface area contributed by atoms with Crippen molar-refractivity contribution in [2.45, 2.75) is 27.2 Å². The largest absolute Gasteiger partial charge is 0.495 e. The van der Waals surface area contributed by atoms with Crippen molar-refractivity contribution < 1.29 is 4.74 Å². The summed E-state index contributed by atoms with van der Waals surface area (Å²) in [6.45, 7) is 6.14. The third-order valence-corrected chi connectivity index (χ3v) is 2.27. The quantitative estimate of drug-likeness (QED) is 0.793. The van der Waals surface area contributed by atoms with Gasteiger partial charge in [0.1, 0.15) is 5.75 Å². The number of nitrogens with one attached hydrogen (secondary N) is 1. The molecule has 0 amide bonds. The van der Waals surface area contributed by atoms with E-state index in [4.69, 9.17) is 4.74 Å². The highest BCUT2D eigenvalue weighted by Crippen LogP contribution is 2.25. The summed E-state index contributed by atoms with van der Waals surface area (Å²) in [6.07, 6.45) is 1.03. The molecular weight excluding hydrogens is 186 g/mol. The van der Waals surface area contributed by atoms with Crippen LogP contribution in [0.25, 0.3) is 10.9 Å². The molecule has 0 aliphatic heterocycles. The van der Waals surface area contributed by atoms with E-state index >= 15 is 0 Å². The van der Waals surface area contributed by atoms with Crippen LogP contribution < -0.4 is 4.74 Å². The first-order valence-electron chi connectivity index (χ1n) is 5.49. The Kier molecular flexibility index (Phi) is 4.22. The van der Waals surface area contributed by atoms with Gasteiger partial charge in [0.05, 0.1) is 12.6 Å². The Morgan fingerprint density at radius 1 is 1.27 bits per heavy atom. The van der Waals surface area contributed by atoms with Gasteiger partial charge in [-0.25, -0.2) is 0 Å². The van der Waals surface area contributed by atoms with Gasteiger partial charge in [-0.1, -0.05) is 32.9 Å². The fraction of sp³-hybridized carbons (Fsp3) is 0.385. The molecule has 1 N–H and O–H groups in total. The number of hydrogen-bond donors (Lipinski definition) is 1. The summed E-state index contributed by atoms with van der Waals surface area (Å²) in [6, 6.07) is 8.23. The number of aromatic amines is 1. The highest BCUT2D eigenvalue weighted by atomic mass is 16.5. The van der Waals surface area contributed by atoms with E-state index in [2.05, 4.69) is 24.0 Å². The third-order valence-electron chi connectivity index (χ3n) is 2.27. The zero-order chi connectivity index (χ0) is 11.3. The molecule has 82 valence electrons. The van der Waals surface area contributed by atoms with Crippen LogP contribution in [0, 0.1) is 0 Å². The number of hydrogen-bond acceptors (Lipinski definition) is 1. The van der Waals surface area contributed by atoms with Crippen LogP contribution >= 0.6 is 0 Å². The summed E-state index contributed by atoms with van der Waals surface area (Å²) in [7, 11) is 1.70. The highest BCUT2D eigenvalue weighted by molar-refractivity contribution is 5.86. The second-order valence-corrected chi connectivity index (χ2v) is 3.07. The van der Waals surface area contributed by atoms with Crippen LogP contribution in [0.2, 0.25) is 0 Å². The lowest BCUT2D eigenvalue weighted by Gasteiger charge is -1.99. The Morgan fingerprint density at radius 3 is 2.60 bits per heavy atom. The van der Waals surface area contributed by atoms with Gasteiger partial charge >= 0.3 is 0 Å². The first-order chi connectivity index (χ1) is 7.35. The maximum absolute atomic E-state index is 5.25. The molecule has 0 fully saturated rings. The van der Waals surface area contributed by atoms with E-state index < -0.39 is 0 Å². The van der Waals surface area contributed by atoms with Gasteiger partial charge in [-0.2, -0.15) is 0 Å². The summed E-state index contributed by atoms with van der Waals surface area (Å²) in [4.78, 5) is 3.34. The van der Waals surface area contributed by atoms with Crippen molar-refractivity contribution in [2.24, 2.45) is 0 Å². The Hall–Kier alpha value is -1.44. The van der Waals surface area contributed by atoms with Crippen LogP contribution in [-0.4, -0.2) is 12.1 Å². The minimum absolute atomic E-state index is 0.914. The van der Waals surface area contributed by atoms with Gasteiger partial charge in [0.25, 0.3) is 0 Å². The summed E-state index contributed by atoms with van der Waals surface area (Å²) in [5, 5.41) is 1.22. The molecule has 1 aromatic heterocycles. The predicted molar refractivity (Wildman–Crippen MR) is 65.6 cm³/mol. The molecule has 0 unspecified atom stereocenters. The Labute approximate surface area is 91.3 Å².